The zero-order chi connectivity index (χ0) is 29.6. The van der Waals surface area contributed by atoms with Gasteiger partial charge in [0, 0.05) is 22.6 Å². The van der Waals surface area contributed by atoms with Crippen molar-refractivity contribution in [3.8, 4) is 0 Å². The Labute approximate surface area is 252 Å². The van der Waals surface area contributed by atoms with Gasteiger partial charge in [-0.05, 0) is 79.8 Å². The average molecular weight is 617 g/mol. The van der Waals surface area contributed by atoms with E-state index in [0.29, 0.717) is 27.7 Å². The third-order valence-corrected chi connectivity index (χ3v) is 9.70. The fourth-order valence-electron chi connectivity index (χ4n) is 5.16. The molecule has 0 aromatic heterocycles. The lowest BCUT2D eigenvalue weighted by atomic mass is 10.1. The van der Waals surface area contributed by atoms with E-state index < -0.39 is 28.5 Å². The molecular weight excluding hydrogens is 581 g/mol. The van der Waals surface area contributed by atoms with Gasteiger partial charge in [-0.15, -0.1) is 0 Å². The summed E-state index contributed by atoms with van der Waals surface area (Å²) in [5, 5.41) is 4.07. The first-order valence-electron chi connectivity index (χ1n) is 13.8. The number of hydrogen-bond donors (Lipinski definition) is 1. The highest BCUT2D eigenvalue weighted by molar-refractivity contribution is 7.92. The number of nitrogens with one attached hydrogen (secondary N) is 1. The molecule has 0 spiro atoms. The topological polar surface area (TPSA) is 86.8 Å². The minimum absolute atomic E-state index is 0.00761. The van der Waals surface area contributed by atoms with Crippen LogP contribution in [0.15, 0.2) is 77.7 Å². The van der Waals surface area contributed by atoms with Crippen LogP contribution in [-0.4, -0.2) is 43.8 Å². The molecule has 218 valence electrons. The molecule has 0 radical (unpaired) electrons. The van der Waals surface area contributed by atoms with E-state index in [-0.39, 0.29) is 23.4 Å². The summed E-state index contributed by atoms with van der Waals surface area (Å²) in [5.41, 5.74) is 1.84. The number of rotatable bonds is 11. The van der Waals surface area contributed by atoms with Crippen molar-refractivity contribution in [1.82, 2.24) is 10.2 Å². The van der Waals surface area contributed by atoms with Gasteiger partial charge in [0.05, 0.1) is 10.6 Å². The lowest BCUT2D eigenvalue weighted by Gasteiger charge is -2.34. The monoisotopic (exact) mass is 615 g/mol. The van der Waals surface area contributed by atoms with E-state index in [1.165, 1.54) is 29.2 Å². The van der Waals surface area contributed by atoms with Gasteiger partial charge in [0.2, 0.25) is 11.8 Å². The number of benzene rings is 3. The van der Waals surface area contributed by atoms with Gasteiger partial charge in [0.1, 0.15) is 12.6 Å². The molecule has 1 atom stereocenters. The molecule has 41 heavy (non-hydrogen) atoms. The summed E-state index contributed by atoms with van der Waals surface area (Å²) in [4.78, 5) is 29.2. The standard InChI is InChI=1S/C31H35Cl2N3O4S/c1-3-28(31(38)34-26-9-5-6-10-26)35(20-23-12-14-24(32)15-13-23)30(37)21-36(29-11-7-4-8-22(29)2)41(39,40)27-18-16-25(33)17-19-27/h4,7-8,11-19,26,28H,3,5-6,9-10,20-21H2,1-2H3,(H,34,38)/t28-/m1/s1. The molecule has 1 aliphatic rings. The first kappa shape index (κ1) is 30.9. The Balaban J connectivity index is 1.72. The van der Waals surface area contributed by atoms with E-state index in [1.807, 2.05) is 6.92 Å². The van der Waals surface area contributed by atoms with Crippen LogP contribution in [0.25, 0.3) is 0 Å². The molecule has 0 unspecified atom stereocenters. The van der Waals surface area contributed by atoms with Crippen LogP contribution in [0.2, 0.25) is 10.0 Å². The predicted octanol–water partition coefficient (Wildman–Crippen LogP) is 6.36. The Morgan fingerprint density at radius 1 is 0.927 bits per heavy atom. The highest BCUT2D eigenvalue weighted by Gasteiger charge is 2.35. The Hall–Kier alpha value is -3.07. The van der Waals surface area contributed by atoms with Gasteiger partial charge < -0.3 is 10.2 Å². The molecule has 1 saturated carbocycles. The number of amides is 2. The molecule has 1 fully saturated rings. The Morgan fingerprint density at radius 2 is 1.51 bits per heavy atom. The Kier molecular flexibility index (Phi) is 10.3. The largest absolute Gasteiger partial charge is 0.352 e. The van der Waals surface area contributed by atoms with E-state index in [2.05, 4.69) is 5.32 Å². The minimum atomic E-state index is -4.16. The molecule has 1 aliphatic carbocycles. The molecule has 0 aliphatic heterocycles. The summed E-state index contributed by atoms with van der Waals surface area (Å²) < 4.78 is 29.1. The third-order valence-electron chi connectivity index (χ3n) is 7.42. The maximum absolute atomic E-state index is 14.2. The molecule has 0 saturated heterocycles. The maximum atomic E-state index is 14.2. The van der Waals surface area contributed by atoms with E-state index >= 15 is 0 Å². The van der Waals surface area contributed by atoms with Crippen molar-refractivity contribution in [3.05, 3.63) is 94.0 Å². The molecular formula is C31H35Cl2N3O4S. The van der Waals surface area contributed by atoms with Gasteiger partial charge in [-0.1, -0.05) is 73.3 Å². The quantitative estimate of drug-likeness (QED) is 0.272. The summed E-state index contributed by atoms with van der Waals surface area (Å²) in [6, 6.07) is 19.2. The molecule has 4 rings (SSSR count). The number of halogens is 2. The maximum Gasteiger partial charge on any atom is 0.264 e. The van der Waals surface area contributed by atoms with Crippen LogP contribution >= 0.6 is 23.2 Å². The smallest absolute Gasteiger partial charge is 0.264 e. The molecule has 3 aromatic rings. The van der Waals surface area contributed by atoms with Crippen LogP contribution in [0, 0.1) is 6.92 Å². The van der Waals surface area contributed by atoms with Crippen molar-refractivity contribution in [2.45, 2.75) is 69.5 Å². The second kappa shape index (κ2) is 13.7. The van der Waals surface area contributed by atoms with E-state index in [4.69, 9.17) is 23.2 Å². The number of sulfonamides is 1. The zero-order valence-electron chi connectivity index (χ0n) is 23.2. The lowest BCUT2D eigenvalue weighted by Crippen LogP contribution is -2.53. The minimum Gasteiger partial charge on any atom is -0.352 e. The fourth-order valence-corrected chi connectivity index (χ4v) is 6.89. The van der Waals surface area contributed by atoms with E-state index in [9.17, 15) is 18.0 Å². The van der Waals surface area contributed by atoms with E-state index in [0.717, 1.165) is 35.6 Å². The molecule has 0 bridgehead atoms. The molecule has 10 heteroatoms. The highest BCUT2D eigenvalue weighted by atomic mass is 35.5. The number of aryl methyl sites for hydroxylation is 1. The van der Waals surface area contributed by atoms with Crippen molar-refractivity contribution >= 4 is 50.7 Å². The second-order valence-electron chi connectivity index (χ2n) is 10.3. The van der Waals surface area contributed by atoms with Gasteiger partial charge in [-0.2, -0.15) is 0 Å². The van der Waals surface area contributed by atoms with Crippen LogP contribution in [0.4, 0.5) is 5.69 Å². The van der Waals surface area contributed by atoms with Crippen LogP contribution < -0.4 is 9.62 Å². The Morgan fingerprint density at radius 3 is 2.10 bits per heavy atom. The summed E-state index contributed by atoms with van der Waals surface area (Å²) in [5.74, 6) is -0.723. The first-order chi connectivity index (χ1) is 19.6. The predicted molar refractivity (Wildman–Crippen MR) is 164 cm³/mol. The third kappa shape index (κ3) is 7.61. The Bertz CT molecular complexity index is 1460. The molecule has 7 nitrogen and oxygen atoms in total. The lowest BCUT2D eigenvalue weighted by molar-refractivity contribution is -0.140. The number of hydrogen-bond acceptors (Lipinski definition) is 4. The van der Waals surface area contributed by atoms with Gasteiger partial charge in [-0.25, -0.2) is 8.42 Å². The van der Waals surface area contributed by atoms with Crippen molar-refractivity contribution in [1.29, 1.82) is 0 Å². The van der Waals surface area contributed by atoms with Gasteiger partial charge in [0.15, 0.2) is 0 Å². The van der Waals surface area contributed by atoms with Crippen molar-refractivity contribution in [2.75, 3.05) is 10.8 Å². The second-order valence-corrected chi connectivity index (χ2v) is 13.0. The number of carbonyl (C=O) groups excluding carboxylic acids is 2. The summed E-state index contributed by atoms with van der Waals surface area (Å²) >= 11 is 12.1. The zero-order valence-corrected chi connectivity index (χ0v) is 25.6. The summed E-state index contributed by atoms with van der Waals surface area (Å²) in [6.07, 6.45) is 4.31. The van der Waals surface area contributed by atoms with Crippen LogP contribution in [0.5, 0.6) is 0 Å². The van der Waals surface area contributed by atoms with Crippen molar-refractivity contribution in [2.24, 2.45) is 0 Å². The van der Waals surface area contributed by atoms with Crippen molar-refractivity contribution in [3.63, 3.8) is 0 Å². The van der Waals surface area contributed by atoms with Crippen LogP contribution in [-0.2, 0) is 26.2 Å². The van der Waals surface area contributed by atoms with Crippen LogP contribution in [0.1, 0.15) is 50.2 Å². The van der Waals surface area contributed by atoms with Gasteiger partial charge >= 0.3 is 0 Å². The van der Waals surface area contributed by atoms with E-state index in [1.54, 1.807) is 55.5 Å². The fraction of sp³-hybridized carbons (Fsp3) is 0.355. The molecule has 3 aromatic carbocycles. The highest BCUT2D eigenvalue weighted by Crippen LogP contribution is 2.28. The van der Waals surface area contributed by atoms with Gasteiger partial charge in [-0.3, -0.25) is 13.9 Å². The first-order valence-corrected chi connectivity index (χ1v) is 16.0. The van der Waals surface area contributed by atoms with Gasteiger partial charge in [0.25, 0.3) is 10.0 Å². The molecule has 0 heterocycles. The SMILES string of the molecule is CC[C@H](C(=O)NC1CCCC1)N(Cc1ccc(Cl)cc1)C(=O)CN(c1ccccc1C)S(=O)(=O)c1ccc(Cl)cc1. The average Bonchev–Trinajstić information content (AvgIpc) is 3.46. The number of para-hydroxylation sites is 1. The number of carbonyl (C=O) groups is 2. The number of nitrogens with zero attached hydrogens (tertiary/aromatic N) is 2. The summed E-state index contributed by atoms with van der Waals surface area (Å²) in [7, 11) is -4.16. The van der Waals surface area contributed by atoms with Crippen molar-refractivity contribution < 1.29 is 18.0 Å². The summed E-state index contributed by atoms with van der Waals surface area (Å²) in [6.45, 7) is 3.27. The molecule has 2 amide bonds. The molecule has 1 N–H and O–H groups in total. The number of anilines is 1. The normalized spacial score (nSPS) is 14.4. The van der Waals surface area contributed by atoms with Crippen LogP contribution in [0.3, 0.4) is 0 Å².